The Balaban J connectivity index is 1.45. The van der Waals surface area contributed by atoms with Crippen molar-refractivity contribution in [3.8, 4) is 0 Å². The monoisotopic (exact) mass is 350 g/mol. The van der Waals surface area contributed by atoms with E-state index in [2.05, 4.69) is 40.5 Å². The predicted molar refractivity (Wildman–Crippen MR) is 104 cm³/mol. The second-order valence-corrected chi connectivity index (χ2v) is 7.19. The van der Waals surface area contributed by atoms with Gasteiger partial charge in [-0.05, 0) is 55.0 Å². The second-order valence-electron chi connectivity index (χ2n) is 7.19. The van der Waals surface area contributed by atoms with E-state index in [4.69, 9.17) is 4.74 Å². The summed E-state index contributed by atoms with van der Waals surface area (Å²) in [5.41, 5.74) is 4.65. The van der Waals surface area contributed by atoms with Crippen molar-refractivity contribution in [1.29, 1.82) is 0 Å². The standard InChI is InChI=1S/C22H26N2O2/c25-22(19-8-4-10-21(16-19)24-11-13-26-14-12-24)23-20-9-3-7-17-5-1-2-6-18(17)15-20/h1-2,4-6,8,10,16,20H,3,7,9,11-15H2,(H,23,25). The van der Waals surface area contributed by atoms with Gasteiger partial charge in [0.25, 0.3) is 5.91 Å². The number of ether oxygens (including phenoxy) is 1. The van der Waals surface area contributed by atoms with Crippen LogP contribution in [0.2, 0.25) is 0 Å². The van der Waals surface area contributed by atoms with Crippen molar-refractivity contribution in [3.05, 3.63) is 65.2 Å². The van der Waals surface area contributed by atoms with E-state index in [0.717, 1.165) is 63.2 Å². The third-order valence-corrected chi connectivity index (χ3v) is 5.40. The van der Waals surface area contributed by atoms with Crippen LogP contribution in [0.4, 0.5) is 5.69 Å². The minimum absolute atomic E-state index is 0.0319. The molecule has 4 nitrogen and oxygen atoms in total. The van der Waals surface area contributed by atoms with Crippen LogP contribution in [0.25, 0.3) is 0 Å². The third kappa shape index (κ3) is 3.91. The quantitative estimate of drug-likeness (QED) is 0.865. The molecule has 1 amide bonds. The fourth-order valence-corrected chi connectivity index (χ4v) is 3.96. The Morgan fingerprint density at radius 2 is 1.85 bits per heavy atom. The van der Waals surface area contributed by atoms with Crippen molar-refractivity contribution in [2.75, 3.05) is 31.2 Å². The summed E-state index contributed by atoms with van der Waals surface area (Å²) in [6, 6.07) is 16.8. The van der Waals surface area contributed by atoms with Crippen LogP contribution in [0.3, 0.4) is 0 Å². The van der Waals surface area contributed by atoms with Crippen molar-refractivity contribution < 1.29 is 9.53 Å². The zero-order valence-corrected chi connectivity index (χ0v) is 15.1. The number of anilines is 1. The van der Waals surface area contributed by atoms with Gasteiger partial charge in [-0.2, -0.15) is 0 Å². The summed E-state index contributed by atoms with van der Waals surface area (Å²) in [6.45, 7) is 3.25. The average molecular weight is 350 g/mol. The SMILES string of the molecule is O=C(NC1CCCc2ccccc2C1)c1cccc(N2CCOCC2)c1. The molecule has 0 radical (unpaired) electrons. The lowest BCUT2D eigenvalue weighted by Crippen LogP contribution is -2.37. The summed E-state index contributed by atoms with van der Waals surface area (Å²) in [4.78, 5) is 15.1. The molecule has 1 N–H and O–H groups in total. The number of carbonyl (C=O) groups excluding carboxylic acids is 1. The Kier molecular flexibility index (Phi) is 5.21. The molecule has 1 saturated heterocycles. The molecule has 1 atom stereocenters. The third-order valence-electron chi connectivity index (χ3n) is 5.40. The number of fused-ring (bicyclic) bond motifs is 1. The van der Waals surface area contributed by atoms with E-state index in [1.54, 1.807) is 0 Å². The smallest absolute Gasteiger partial charge is 0.251 e. The Bertz CT molecular complexity index is 768. The Hall–Kier alpha value is -2.33. The van der Waals surface area contributed by atoms with Gasteiger partial charge < -0.3 is 15.0 Å². The molecule has 1 unspecified atom stereocenters. The molecule has 2 aromatic rings. The van der Waals surface area contributed by atoms with E-state index in [9.17, 15) is 4.79 Å². The van der Waals surface area contributed by atoms with Gasteiger partial charge in [0.05, 0.1) is 13.2 Å². The summed E-state index contributed by atoms with van der Waals surface area (Å²) in [7, 11) is 0. The lowest BCUT2D eigenvalue weighted by molar-refractivity contribution is 0.0935. The molecule has 4 rings (SSSR count). The Morgan fingerprint density at radius 3 is 2.69 bits per heavy atom. The number of hydrogen-bond donors (Lipinski definition) is 1. The van der Waals surface area contributed by atoms with E-state index in [1.807, 2.05) is 18.2 Å². The molecular formula is C22H26N2O2. The molecule has 4 heteroatoms. The summed E-state index contributed by atoms with van der Waals surface area (Å²) in [5.74, 6) is 0.0319. The van der Waals surface area contributed by atoms with Gasteiger partial charge in [0.15, 0.2) is 0 Å². The van der Waals surface area contributed by atoms with E-state index in [-0.39, 0.29) is 11.9 Å². The van der Waals surface area contributed by atoms with Crippen LogP contribution in [-0.2, 0) is 17.6 Å². The first-order valence-corrected chi connectivity index (χ1v) is 9.60. The lowest BCUT2D eigenvalue weighted by atomic mass is 10.0. The molecule has 0 spiro atoms. The van der Waals surface area contributed by atoms with Gasteiger partial charge in [-0.3, -0.25) is 4.79 Å². The van der Waals surface area contributed by atoms with E-state index >= 15 is 0 Å². The summed E-state index contributed by atoms with van der Waals surface area (Å²) in [6.07, 6.45) is 4.18. The molecule has 2 aliphatic rings. The van der Waals surface area contributed by atoms with Gasteiger partial charge in [0.2, 0.25) is 0 Å². The minimum atomic E-state index is 0.0319. The van der Waals surface area contributed by atoms with Gasteiger partial charge in [-0.15, -0.1) is 0 Å². The fraction of sp³-hybridized carbons (Fsp3) is 0.409. The highest BCUT2D eigenvalue weighted by Crippen LogP contribution is 2.22. The Morgan fingerprint density at radius 1 is 1.04 bits per heavy atom. The molecule has 0 bridgehead atoms. The van der Waals surface area contributed by atoms with Crippen molar-refractivity contribution in [2.24, 2.45) is 0 Å². The lowest BCUT2D eigenvalue weighted by Gasteiger charge is -2.29. The fourth-order valence-electron chi connectivity index (χ4n) is 3.96. The molecule has 2 aromatic carbocycles. The number of carbonyl (C=O) groups is 1. The van der Waals surface area contributed by atoms with Crippen molar-refractivity contribution in [2.45, 2.75) is 31.7 Å². The first kappa shape index (κ1) is 17.1. The molecule has 136 valence electrons. The number of hydrogen-bond acceptors (Lipinski definition) is 3. The van der Waals surface area contributed by atoms with Crippen LogP contribution >= 0.6 is 0 Å². The van der Waals surface area contributed by atoms with Crippen LogP contribution in [0, 0.1) is 0 Å². The van der Waals surface area contributed by atoms with E-state index < -0.39 is 0 Å². The molecule has 1 aliphatic heterocycles. The highest BCUT2D eigenvalue weighted by Gasteiger charge is 2.19. The van der Waals surface area contributed by atoms with Gasteiger partial charge in [-0.1, -0.05) is 30.3 Å². The number of nitrogens with zero attached hydrogens (tertiary/aromatic N) is 1. The summed E-state index contributed by atoms with van der Waals surface area (Å²) < 4.78 is 5.42. The number of rotatable bonds is 3. The van der Waals surface area contributed by atoms with Gasteiger partial charge in [0, 0.05) is 30.4 Å². The maximum absolute atomic E-state index is 12.8. The first-order valence-electron chi connectivity index (χ1n) is 9.60. The number of nitrogens with one attached hydrogen (secondary N) is 1. The molecule has 1 aliphatic carbocycles. The van der Waals surface area contributed by atoms with Crippen molar-refractivity contribution >= 4 is 11.6 Å². The zero-order valence-electron chi connectivity index (χ0n) is 15.1. The van der Waals surface area contributed by atoms with Crippen LogP contribution < -0.4 is 10.2 Å². The highest BCUT2D eigenvalue weighted by molar-refractivity contribution is 5.95. The number of amides is 1. The average Bonchev–Trinajstić information content (AvgIpc) is 2.90. The first-order chi connectivity index (χ1) is 12.8. The minimum Gasteiger partial charge on any atom is -0.378 e. The number of aryl methyl sites for hydroxylation is 1. The zero-order chi connectivity index (χ0) is 17.8. The largest absolute Gasteiger partial charge is 0.378 e. The van der Waals surface area contributed by atoms with Gasteiger partial charge in [0.1, 0.15) is 0 Å². The summed E-state index contributed by atoms with van der Waals surface area (Å²) >= 11 is 0. The predicted octanol–water partition coefficient (Wildman–Crippen LogP) is 3.20. The van der Waals surface area contributed by atoms with E-state index in [0.29, 0.717) is 0 Å². The van der Waals surface area contributed by atoms with Crippen LogP contribution in [0.5, 0.6) is 0 Å². The van der Waals surface area contributed by atoms with Crippen molar-refractivity contribution in [1.82, 2.24) is 5.32 Å². The van der Waals surface area contributed by atoms with Crippen LogP contribution in [-0.4, -0.2) is 38.3 Å². The van der Waals surface area contributed by atoms with Crippen LogP contribution in [0.15, 0.2) is 48.5 Å². The number of benzene rings is 2. The topological polar surface area (TPSA) is 41.6 Å². The maximum atomic E-state index is 12.8. The maximum Gasteiger partial charge on any atom is 0.251 e. The molecule has 1 heterocycles. The van der Waals surface area contributed by atoms with Gasteiger partial charge >= 0.3 is 0 Å². The van der Waals surface area contributed by atoms with E-state index in [1.165, 1.54) is 11.1 Å². The van der Waals surface area contributed by atoms with Gasteiger partial charge in [-0.25, -0.2) is 0 Å². The molecule has 0 aromatic heterocycles. The summed E-state index contributed by atoms with van der Waals surface area (Å²) in [5, 5.41) is 3.26. The molecule has 1 fully saturated rings. The van der Waals surface area contributed by atoms with Crippen LogP contribution in [0.1, 0.15) is 34.3 Å². The second kappa shape index (κ2) is 7.92. The normalized spacial score (nSPS) is 20.2. The van der Waals surface area contributed by atoms with Crippen molar-refractivity contribution in [3.63, 3.8) is 0 Å². The molecular weight excluding hydrogens is 324 g/mol. The Labute approximate surface area is 155 Å². The highest BCUT2D eigenvalue weighted by atomic mass is 16.5. The molecule has 0 saturated carbocycles. The molecule has 26 heavy (non-hydrogen) atoms. The number of morpholine rings is 1.